The highest BCUT2D eigenvalue weighted by molar-refractivity contribution is 7.09. The molecule has 1 aromatic rings. The largest absolute Gasteiger partial charge is 0.380 e. The quantitative estimate of drug-likeness (QED) is 0.779. The van der Waals surface area contributed by atoms with E-state index in [0.717, 1.165) is 25.2 Å². The molecule has 102 valence electrons. The Morgan fingerprint density at radius 3 is 3.11 bits per heavy atom. The molecule has 1 aliphatic heterocycles. The Hall–Kier alpha value is -0.160. The average Bonchev–Trinajstić information content (AvgIpc) is 2.86. The lowest BCUT2D eigenvalue weighted by Gasteiger charge is -2.36. The maximum Gasteiger partial charge on any atom is 0.0941 e. The highest BCUT2D eigenvalue weighted by Gasteiger charge is 2.25. The first-order chi connectivity index (χ1) is 8.72. The van der Waals surface area contributed by atoms with Crippen LogP contribution in [0.2, 0.25) is 0 Å². The summed E-state index contributed by atoms with van der Waals surface area (Å²) in [6, 6.07) is 0. The molecule has 2 heterocycles. The van der Waals surface area contributed by atoms with Crippen LogP contribution in [0.3, 0.4) is 0 Å². The molecule has 0 N–H and O–H groups in total. The minimum atomic E-state index is 0.383. The van der Waals surface area contributed by atoms with E-state index in [1.54, 1.807) is 11.3 Å². The van der Waals surface area contributed by atoms with Crippen molar-refractivity contribution < 1.29 is 4.74 Å². The van der Waals surface area contributed by atoms with Gasteiger partial charge in [0.25, 0.3) is 0 Å². The van der Waals surface area contributed by atoms with Gasteiger partial charge >= 0.3 is 0 Å². The molecule has 18 heavy (non-hydrogen) atoms. The monoisotopic (exact) mass is 288 g/mol. The molecule has 0 saturated carbocycles. The second-order valence-corrected chi connectivity index (χ2v) is 6.17. The predicted octanol–water partition coefficient (Wildman–Crippen LogP) is 2.78. The lowest BCUT2D eigenvalue weighted by molar-refractivity contribution is -0.00447. The van der Waals surface area contributed by atoms with E-state index in [1.807, 2.05) is 7.11 Å². The van der Waals surface area contributed by atoms with E-state index in [-0.39, 0.29) is 0 Å². The lowest BCUT2D eigenvalue weighted by atomic mass is 9.96. The van der Waals surface area contributed by atoms with Gasteiger partial charge in [-0.1, -0.05) is 6.92 Å². The van der Waals surface area contributed by atoms with E-state index in [0.29, 0.717) is 17.9 Å². The van der Waals surface area contributed by atoms with Crippen molar-refractivity contribution in [1.82, 2.24) is 9.88 Å². The molecule has 3 nitrogen and oxygen atoms in total. The molecule has 0 bridgehead atoms. The van der Waals surface area contributed by atoms with Gasteiger partial charge in [0.1, 0.15) is 0 Å². The van der Waals surface area contributed by atoms with Crippen LogP contribution in [-0.2, 0) is 17.0 Å². The minimum Gasteiger partial charge on any atom is -0.380 e. The fourth-order valence-corrected chi connectivity index (χ4v) is 3.40. The Morgan fingerprint density at radius 1 is 1.61 bits per heavy atom. The Kier molecular flexibility index (Phi) is 5.42. The third-order valence-corrected chi connectivity index (χ3v) is 4.89. The molecular formula is C13H21ClN2OS. The van der Waals surface area contributed by atoms with Gasteiger partial charge in [0.2, 0.25) is 0 Å². The van der Waals surface area contributed by atoms with Gasteiger partial charge in [0, 0.05) is 32.0 Å². The number of hydrogen-bond donors (Lipinski definition) is 0. The van der Waals surface area contributed by atoms with Crippen LogP contribution in [0, 0.1) is 5.92 Å². The summed E-state index contributed by atoms with van der Waals surface area (Å²) in [5.74, 6) is 1.19. The van der Waals surface area contributed by atoms with Crippen LogP contribution in [0.25, 0.3) is 0 Å². The lowest BCUT2D eigenvalue weighted by Crippen LogP contribution is -2.44. The summed E-state index contributed by atoms with van der Waals surface area (Å²) in [5.41, 5.74) is 0.999. The number of likely N-dealkylation sites (tertiary alicyclic amines) is 1. The zero-order valence-electron chi connectivity index (χ0n) is 11.1. The van der Waals surface area contributed by atoms with Crippen LogP contribution in [0.15, 0.2) is 5.38 Å². The summed E-state index contributed by atoms with van der Waals surface area (Å²) in [6.07, 6.45) is 2.63. The molecule has 0 spiro atoms. The van der Waals surface area contributed by atoms with E-state index in [9.17, 15) is 0 Å². The van der Waals surface area contributed by atoms with Gasteiger partial charge in [-0.05, 0) is 18.9 Å². The van der Waals surface area contributed by atoms with E-state index in [4.69, 9.17) is 16.3 Å². The predicted molar refractivity (Wildman–Crippen MR) is 76.4 cm³/mol. The number of aromatic nitrogens is 1. The molecule has 0 amide bonds. The van der Waals surface area contributed by atoms with Crippen molar-refractivity contribution in [2.24, 2.45) is 5.92 Å². The molecular weight excluding hydrogens is 268 g/mol. The van der Waals surface area contributed by atoms with Crippen molar-refractivity contribution in [3.63, 3.8) is 0 Å². The Bertz CT molecular complexity index is 372. The van der Waals surface area contributed by atoms with Gasteiger partial charge in [-0.2, -0.15) is 0 Å². The van der Waals surface area contributed by atoms with Gasteiger partial charge in [0.15, 0.2) is 0 Å². The minimum absolute atomic E-state index is 0.383. The topological polar surface area (TPSA) is 25.4 Å². The van der Waals surface area contributed by atoms with E-state index in [1.165, 1.54) is 18.0 Å². The van der Waals surface area contributed by atoms with Crippen molar-refractivity contribution >= 4 is 22.9 Å². The Balaban J connectivity index is 1.79. The molecule has 1 aromatic heterocycles. The highest BCUT2D eigenvalue weighted by Crippen LogP contribution is 2.20. The van der Waals surface area contributed by atoms with Crippen LogP contribution in [0.5, 0.6) is 0 Å². The van der Waals surface area contributed by atoms with Crippen LogP contribution >= 0.6 is 22.9 Å². The number of thiazole rings is 1. The number of methoxy groups -OCH3 is 1. The number of hydrogen-bond acceptors (Lipinski definition) is 4. The zero-order valence-corrected chi connectivity index (χ0v) is 12.6. The molecule has 0 aliphatic carbocycles. The average molecular weight is 289 g/mol. The molecule has 2 atom stereocenters. The van der Waals surface area contributed by atoms with Gasteiger partial charge < -0.3 is 9.64 Å². The highest BCUT2D eigenvalue weighted by atomic mass is 35.5. The van der Waals surface area contributed by atoms with E-state index in [2.05, 4.69) is 22.2 Å². The molecule has 2 rings (SSSR count). The van der Waals surface area contributed by atoms with Crippen LogP contribution in [0.4, 0.5) is 0 Å². The van der Waals surface area contributed by atoms with Gasteiger partial charge in [0.05, 0.1) is 22.7 Å². The fraction of sp³-hybridized carbons (Fsp3) is 0.769. The number of piperidine rings is 1. The van der Waals surface area contributed by atoms with Crippen molar-refractivity contribution in [2.75, 3.05) is 26.7 Å². The van der Waals surface area contributed by atoms with Crippen molar-refractivity contribution in [1.29, 1.82) is 0 Å². The SMILES string of the molecule is COC1CN(CCc2nc(CCl)cs2)CCC1C. The first-order valence-electron chi connectivity index (χ1n) is 6.47. The molecule has 2 unspecified atom stereocenters. The summed E-state index contributed by atoms with van der Waals surface area (Å²) in [6.45, 7) is 5.57. The molecule has 1 fully saturated rings. The zero-order chi connectivity index (χ0) is 13.0. The third-order valence-electron chi connectivity index (χ3n) is 3.65. The van der Waals surface area contributed by atoms with Gasteiger partial charge in [-0.3, -0.25) is 0 Å². The number of alkyl halides is 1. The number of ether oxygens (including phenoxy) is 1. The second kappa shape index (κ2) is 6.85. The fourth-order valence-electron chi connectivity index (χ4n) is 2.39. The molecule has 5 heteroatoms. The standard InChI is InChI=1S/C13H21ClN2OS/c1-10-3-5-16(8-12(10)17-2)6-4-13-15-11(7-14)9-18-13/h9-10,12H,3-8H2,1-2H3. The number of nitrogens with zero attached hydrogens (tertiary/aromatic N) is 2. The number of halogens is 1. The van der Waals surface area contributed by atoms with Crippen molar-refractivity contribution in [2.45, 2.75) is 31.7 Å². The number of rotatable bonds is 5. The second-order valence-electron chi connectivity index (χ2n) is 4.96. The maximum atomic E-state index is 5.76. The van der Waals surface area contributed by atoms with Crippen LogP contribution < -0.4 is 0 Å². The van der Waals surface area contributed by atoms with E-state index >= 15 is 0 Å². The molecule has 1 saturated heterocycles. The Labute approximate surface area is 118 Å². The van der Waals surface area contributed by atoms with Crippen LogP contribution in [-0.4, -0.2) is 42.7 Å². The van der Waals surface area contributed by atoms with Gasteiger partial charge in [-0.25, -0.2) is 4.98 Å². The summed E-state index contributed by atoms with van der Waals surface area (Å²) in [4.78, 5) is 6.98. The van der Waals surface area contributed by atoms with Crippen molar-refractivity contribution in [3.8, 4) is 0 Å². The first-order valence-corrected chi connectivity index (χ1v) is 7.88. The summed E-state index contributed by atoms with van der Waals surface area (Å²) >= 11 is 7.48. The summed E-state index contributed by atoms with van der Waals surface area (Å²) < 4.78 is 5.54. The molecule has 1 aliphatic rings. The summed E-state index contributed by atoms with van der Waals surface area (Å²) in [5, 5.41) is 3.25. The molecule has 0 aromatic carbocycles. The van der Waals surface area contributed by atoms with Crippen LogP contribution in [0.1, 0.15) is 24.0 Å². The normalized spacial score (nSPS) is 25.5. The van der Waals surface area contributed by atoms with E-state index < -0.39 is 0 Å². The smallest absolute Gasteiger partial charge is 0.0941 e. The molecule has 0 radical (unpaired) electrons. The first kappa shape index (κ1) is 14.3. The summed E-state index contributed by atoms with van der Waals surface area (Å²) in [7, 11) is 1.82. The maximum absolute atomic E-state index is 5.76. The Morgan fingerprint density at radius 2 is 2.44 bits per heavy atom. The van der Waals surface area contributed by atoms with Gasteiger partial charge in [-0.15, -0.1) is 22.9 Å². The van der Waals surface area contributed by atoms with Crippen molar-refractivity contribution in [3.05, 3.63) is 16.1 Å². The third kappa shape index (κ3) is 3.67.